The Kier molecular flexibility index (Phi) is 3.55. The first-order valence-corrected chi connectivity index (χ1v) is 10.0. The van der Waals surface area contributed by atoms with Crippen LogP contribution in [0, 0.1) is 6.92 Å². The number of carbonyl (C=O) groups excluding carboxylic acids is 1. The Labute approximate surface area is 160 Å². The molecule has 2 fully saturated rings. The maximum Gasteiger partial charge on any atom is 0.264 e. The van der Waals surface area contributed by atoms with E-state index in [-0.39, 0.29) is 11.4 Å². The molecule has 134 valence electrons. The third kappa shape index (κ3) is 2.35. The van der Waals surface area contributed by atoms with Crippen molar-refractivity contribution in [3.8, 4) is 0 Å². The predicted octanol–water partition coefficient (Wildman–Crippen LogP) is 3.11. The second-order valence-electron chi connectivity index (χ2n) is 7.11. The molecule has 1 aliphatic heterocycles. The minimum absolute atomic E-state index is 0.0594. The summed E-state index contributed by atoms with van der Waals surface area (Å²) in [6, 6.07) is 2.02. The van der Waals surface area contributed by atoms with E-state index in [2.05, 4.69) is 37.4 Å². The molecule has 4 heterocycles. The van der Waals surface area contributed by atoms with E-state index >= 15 is 0 Å². The molecule has 0 atom stereocenters. The Morgan fingerprint density at radius 1 is 1.35 bits per heavy atom. The molecule has 8 heteroatoms. The van der Waals surface area contributed by atoms with Crippen molar-refractivity contribution in [1.82, 2.24) is 19.9 Å². The Morgan fingerprint density at radius 2 is 2.19 bits per heavy atom. The molecule has 3 aromatic rings. The summed E-state index contributed by atoms with van der Waals surface area (Å²) < 4.78 is 0. The molecule has 0 radical (unpaired) electrons. The van der Waals surface area contributed by atoms with Crippen LogP contribution in [0.25, 0.3) is 11.0 Å². The lowest BCUT2D eigenvalue weighted by molar-refractivity contribution is 0.0628. The number of hydrogen-bond acceptors (Lipinski definition) is 6. The Morgan fingerprint density at radius 3 is 2.92 bits per heavy atom. The van der Waals surface area contributed by atoms with Crippen LogP contribution in [-0.4, -0.2) is 50.9 Å². The fraction of sp³-hybridized carbons (Fsp3) is 0.389. The highest BCUT2D eigenvalue weighted by molar-refractivity contribution is 7.80. The number of nitrogens with one attached hydrogen (secondary N) is 1. The Hall–Kier alpha value is -2.06. The largest absolute Gasteiger partial charge is 0.352 e. The van der Waals surface area contributed by atoms with Crippen LogP contribution in [-0.2, 0) is 0 Å². The lowest BCUT2D eigenvalue weighted by Gasteiger charge is -2.42. The van der Waals surface area contributed by atoms with E-state index in [1.54, 1.807) is 6.33 Å². The van der Waals surface area contributed by atoms with E-state index in [1.165, 1.54) is 11.3 Å². The normalized spacial score (nSPS) is 18.7. The van der Waals surface area contributed by atoms with Crippen LogP contribution in [0.4, 0.5) is 5.82 Å². The first kappa shape index (κ1) is 16.1. The Balaban J connectivity index is 1.44. The smallest absolute Gasteiger partial charge is 0.264 e. The molecule has 1 spiro atoms. The van der Waals surface area contributed by atoms with Crippen LogP contribution in [0.2, 0.25) is 0 Å². The fourth-order valence-electron chi connectivity index (χ4n) is 3.90. The minimum atomic E-state index is -0.0594. The molecule has 5 rings (SSSR count). The molecule has 2 aliphatic rings. The van der Waals surface area contributed by atoms with Gasteiger partial charge in [-0.3, -0.25) is 4.79 Å². The van der Waals surface area contributed by atoms with Gasteiger partial charge in [0, 0.05) is 36.1 Å². The van der Waals surface area contributed by atoms with Gasteiger partial charge in [0.05, 0.1) is 15.8 Å². The van der Waals surface area contributed by atoms with Gasteiger partial charge in [-0.2, -0.15) is 0 Å². The van der Waals surface area contributed by atoms with Crippen molar-refractivity contribution in [2.75, 3.05) is 24.5 Å². The zero-order valence-corrected chi connectivity index (χ0v) is 16.1. The molecule has 1 saturated heterocycles. The lowest BCUT2D eigenvalue weighted by Crippen LogP contribution is -2.57. The zero-order chi connectivity index (χ0) is 17.9. The highest BCUT2D eigenvalue weighted by atomic mass is 32.1. The second-order valence-corrected chi connectivity index (χ2v) is 8.48. The minimum Gasteiger partial charge on any atom is -0.352 e. The van der Waals surface area contributed by atoms with Crippen LogP contribution in [0.3, 0.4) is 0 Å². The first-order valence-electron chi connectivity index (χ1n) is 8.71. The summed E-state index contributed by atoms with van der Waals surface area (Å²) in [6.45, 7) is 4.30. The molecule has 6 nitrogen and oxygen atoms in total. The standard InChI is InChI=1S/C18H19N5OS2/c1-11-13(25)8-26-14(11)17(24)23-7-6-22(9-18(23)3-4-18)16-12-2-5-19-15(12)20-10-21-16/h2,5,8,10,25H,3-4,6-7,9H2,1H3,(H,19,20,21). The average Bonchev–Trinajstić information content (AvgIpc) is 3.09. The molecular weight excluding hydrogens is 366 g/mol. The van der Waals surface area contributed by atoms with Gasteiger partial charge in [-0.1, -0.05) is 0 Å². The number of hydrogen-bond donors (Lipinski definition) is 2. The molecule has 1 N–H and O–H groups in total. The number of thiol groups is 1. The maximum atomic E-state index is 13.2. The summed E-state index contributed by atoms with van der Waals surface area (Å²) in [5.74, 6) is 1.11. The molecule has 3 aromatic heterocycles. The van der Waals surface area contributed by atoms with Crippen LogP contribution >= 0.6 is 24.0 Å². The third-order valence-electron chi connectivity index (χ3n) is 5.56. The van der Waals surface area contributed by atoms with Gasteiger partial charge in [0.15, 0.2) is 0 Å². The number of carbonyl (C=O) groups is 1. The number of thiophene rings is 1. The SMILES string of the molecule is Cc1c(S)csc1C(=O)N1CCN(c2ncnc3[nH]ccc23)CC12CC2. The second kappa shape index (κ2) is 5.72. The number of anilines is 1. The zero-order valence-electron chi connectivity index (χ0n) is 14.4. The van der Waals surface area contributed by atoms with E-state index in [0.29, 0.717) is 6.54 Å². The molecule has 1 aliphatic carbocycles. The number of piperazine rings is 1. The van der Waals surface area contributed by atoms with Crippen LogP contribution < -0.4 is 4.90 Å². The summed E-state index contributed by atoms with van der Waals surface area (Å²) in [5, 5.41) is 2.99. The predicted molar refractivity (Wildman–Crippen MR) is 105 cm³/mol. The molecule has 0 aromatic carbocycles. The third-order valence-corrected chi connectivity index (χ3v) is 7.27. The molecule has 26 heavy (non-hydrogen) atoms. The van der Waals surface area contributed by atoms with Gasteiger partial charge < -0.3 is 14.8 Å². The Bertz CT molecular complexity index is 1010. The number of amides is 1. The van der Waals surface area contributed by atoms with Crippen molar-refractivity contribution in [3.05, 3.63) is 34.4 Å². The van der Waals surface area contributed by atoms with Crippen LogP contribution in [0.1, 0.15) is 28.1 Å². The molecule has 0 bridgehead atoms. The van der Waals surface area contributed by atoms with Gasteiger partial charge in [0.1, 0.15) is 17.8 Å². The first-order chi connectivity index (χ1) is 12.6. The summed E-state index contributed by atoms with van der Waals surface area (Å²) in [6.07, 6.45) is 5.60. The van der Waals surface area contributed by atoms with Gasteiger partial charge in [0.25, 0.3) is 5.91 Å². The van der Waals surface area contributed by atoms with Gasteiger partial charge in [-0.15, -0.1) is 24.0 Å². The van der Waals surface area contributed by atoms with Crippen molar-refractivity contribution in [2.24, 2.45) is 0 Å². The van der Waals surface area contributed by atoms with E-state index < -0.39 is 0 Å². The van der Waals surface area contributed by atoms with Crippen LogP contribution in [0.5, 0.6) is 0 Å². The van der Waals surface area contributed by atoms with E-state index in [4.69, 9.17) is 0 Å². The van der Waals surface area contributed by atoms with E-state index in [0.717, 1.165) is 58.1 Å². The topological polar surface area (TPSA) is 65.1 Å². The summed E-state index contributed by atoms with van der Waals surface area (Å²) in [7, 11) is 0. The van der Waals surface area contributed by atoms with Crippen molar-refractivity contribution in [3.63, 3.8) is 0 Å². The van der Waals surface area contributed by atoms with Crippen molar-refractivity contribution >= 4 is 46.7 Å². The average molecular weight is 386 g/mol. The lowest BCUT2D eigenvalue weighted by atomic mass is 10.1. The number of nitrogens with zero attached hydrogens (tertiary/aromatic N) is 4. The summed E-state index contributed by atoms with van der Waals surface area (Å²) in [5.41, 5.74) is 1.79. The summed E-state index contributed by atoms with van der Waals surface area (Å²) >= 11 is 5.94. The van der Waals surface area contributed by atoms with Crippen molar-refractivity contribution in [1.29, 1.82) is 0 Å². The quantitative estimate of drug-likeness (QED) is 0.666. The van der Waals surface area contributed by atoms with Gasteiger partial charge in [0.2, 0.25) is 0 Å². The number of rotatable bonds is 2. The highest BCUT2D eigenvalue weighted by Gasteiger charge is 2.54. The molecule has 0 unspecified atom stereocenters. The molecule has 1 saturated carbocycles. The van der Waals surface area contributed by atoms with Gasteiger partial charge >= 0.3 is 0 Å². The van der Waals surface area contributed by atoms with E-state index in [1.807, 2.05) is 24.6 Å². The number of fused-ring (bicyclic) bond motifs is 1. The molecule has 1 amide bonds. The maximum absolute atomic E-state index is 13.2. The van der Waals surface area contributed by atoms with Gasteiger partial charge in [-0.05, 0) is 31.4 Å². The van der Waals surface area contributed by atoms with Crippen molar-refractivity contribution in [2.45, 2.75) is 30.2 Å². The number of aromatic nitrogens is 3. The number of aromatic amines is 1. The monoisotopic (exact) mass is 385 g/mol. The molecular formula is C18H19N5OS2. The summed E-state index contributed by atoms with van der Waals surface area (Å²) in [4.78, 5) is 31.2. The highest BCUT2D eigenvalue weighted by Crippen LogP contribution is 2.46. The van der Waals surface area contributed by atoms with Crippen molar-refractivity contribution < 1.29 is 4.79 Å². The van der Waals surface area contributed by atoms with E-state index in [9.17, 15) is 4.79 Å². The van der Waals surface area contributed by atoms with Gasteiger partial charge in [-0.25, -0.2) is 9.97 Å². The fourth-order valence-corrected chi connectivity index (χ4v) is 5.15. The number of H-pyrrole nitrogens is 1. The van der Waals surface area contributed by atoms with Crippen LogP contribution in [0.15, 0.2) is 28.9 Å².